The Hall–Kier alpha value is -2.71. The van der Waals surface area contributed by atoms with Crippen molar-refractivity contribution in [3.05, 3.63) is 53.7 Å². The van der Waals surface area contributed by atoms with Crippen LogP contribution < -0.4 is 10.5 Å². The maximum Gasteiger partial charge on any atom is 0.213 e. The van der Waals surface area contributed by atoms with Crippen LogP contribution in [-0.2, 0) is 22.3 Å². The predicted molar refractivity (Wildman–Crippen MR) is 101 cm³/mol. The summed E-state index contributed by atoms with van der Waals surface area (Å²) in [6.07, 6.45) is 0. The first-order chi connectivity index (χ1) is 12.4. The van der Waals surface area contributed by atoms with E-state index in [1.807, 2.05) is 37.3 Å². The van der Waals surface area contributed by atoms with Gasteiger partial charge in [-0.25, -0.2) is 18.5 Å². The standard InChI is InChI=1S/C18H19N5O2S/c1-12-3-2-4-15(21-12)16-17(23-10-9-20-18(23)22-16)14-7-5-13(6-8-14)11-26(19,24)25/h2-8H,9-11H2,1H3,(H,20,22)(H2,19,24,25). The molecule has 4 rings (SSSR count). The molecule has 0 aliphatic carbocycles. The van der Waals surface area contributed by atoms with E-state index in [0.29, 0.717) is 5.56 Å². The SMILES string of the molecule is Cc1cccc(-c2nc3n(c2-c2ccc(CS(N)(=O)=O)cc2)CCN3)n1. The van der Waals surface area contributed by atoms with E-state index >= 15 is 0 Å². The summed E-state index contributed by atoms with van der Waals surface area (Å²) < 4.78 is 24.7. The van der Waals surface area contributed by atoms with Gasteiger partial charge in [0.05, 0.1) is 17.1 Å². The van der Waals surface area contributed by atoms with Crippen molar-refractivity contribution in [1.29, 1.82) is 0 Å². The Kier molecular flexibility index (Phi) is 4.01. The van der Waals surface area contributed by atoms with Gasteiger partial charge in [0.15, 0.2) is 0 Å². The van der Waals surface area contributed by atoms with Gasteiger partial charge >= 0.3 is 0 Å². The van der Waals surface area contributed by atoms with Crippen LogP contribution in [0.15, 0.2) is 42.5 Å². The van der Waals surface area contributed by atoms with Crippen LogP contribution in [0.5, 0.6) is 0 Å². The summed E-state index contributed by atoms with van der Waals surface area (Å²) in [7, 11) is -3.55. The monoisotopic (exact) mass is 369 g/mol. The van der Waals surface area contributed by atoms with Gasteiger partial charge in [-0.05, 0) is 24.6 Å². The normalized spacial score (nSPS) is 13.5. The number of sulfonamides is 1. The van der Waals surface area contributed by atoms with E-state index in [-0.39, 0.29) is 5.75 Å². The largest absolute Gasteiger partial charge is 0.354 e. The molecule has 1 aliphatic heterocycles. The zero-order valence-corrected chi connectivity index (χ0v) is 15.1. The fourth-order valence-electron chi connectivity index (χ4n) is 3.22. The van der Waals surface area contributed by atoms with Crippen LogP contribution in [0.4, 0.5) is 5.95 Å². The summed E-state index contributed by atoms with van der Waals surface area (Å²) >= 11 is 0. The molecular weight excluding hydrogens is 350 g/mol. The Morgan fingerprint density at radius 2 is 1.92 bits per heavy atom. The third-order valence-electron chi connectivity index (χ3n) is 4.31. The molecule has 3 N–H and O–H groups in total. The van der Waals surface area contributed by atoms with Gasteiger partial charge < -0.3 is 9.88 Å². The number of rotatable bonds is 4. The quantitative estimate of drug-likeness (QED) is 0.733. The minimum Gasteiger partial charge on any atom is -0.354 e. The van der Waals surface area contributed by atoms with E-state index in [4.69, 9.17) is 10.1 Å². The van der Waals surface area contributed by atoms with Crippen LogP contribution in [0, 0.1) is 6.92 Å². The lowest BCUT2D eigenvalue weighted by atomic mass is 10.1. The van der Waals surface area contributed by atoms with Crippen LogP contribution in [0.3, 0.4) is 0 Å². The highest BCUT2D eigenvalue weighted by Gasteiger charge is 2.23. The van der Waals surface area contributed by atoms with Crippen molar-refractivity contribution in [1.82, 2.24) is 14.5 Å². The highest BCUT2D eigenvalue weighted by molar-refractivity contribution is 7.88. The predicted octanol–water partition coefficient (Wildman–Crippen LogP) is 2.13. The van der Waals surface area contributed by atoms with Crippen molar-refractivity contribution in [2.75, 3.05) is 11.9 Å². The van der Waals surface area contributed by atoms with Gasteiger partial charge in [0, 0.05) is 24.3 Å². The number of aryl methyl sites for hydroxylation is 1. The Morgan fingerprint density at radius 3 is 2.62 bits per heavy atom. The number of hydrogen-bond donors (Lipinski definition) is 2. The van der Waals surface area contributed by atoms with Crippen molar-refractivity contribution in [2.24, 2.45) is 5.14 Å². The van der Waals surface area contributed by atoms with E-state index in [2.05, 4.69) is 14.9 Å². The lowest BCUT2D eigenvalue weighted by Gasteiger charge is -2.09. The van der Waals surface area contributed by atoms with Gasteiger partial charge in [-0.1, -0.05) is 30.3 Å². The lowest BCUT2D eigenvalue weighted by molar-refractivity contribution is 0.597. The zero-order chi connectivity index (χ0) is 18.3. The Labute approximate surface area is 152 Å². The minimum atomic E-state index is -3.55. The average Bonchev–Trinajstić information content (AvgIpc) is 3.15. The number of anilines is 1. The molecule has 0 saturated carbocycles. The zero-order valence-electron chi connectivity index (χ0n) is 14.3. The van der Waals surface area contributed by atoms with Crippen molar-refractivity contribution < 1.29 is 8.42 Å². The molecule has 1 aliphatic rings. The van der Waals surface area contributed by atoms with Gasteiger partial charge in [-0.2, -0.15) is 0 Å². The lowest BCUT2D eigenvalue weighted by Crippen LogP contribution is -2.14. The molecule has 0 unspecified atom stereocenters. The number of imidazole rings is 1. The maximum atomic E-state index is 11.3. The van der Waals surface area contributed by atoms with Gasteiger partial charge in [0.1, 0.15) is 5.69 Å². The number of fused-ring (bicyclic) bond motifs is 1. The summed E-state index contributed by atoms with van der Waals surface area (Å²) in [5.74, 6) is 0.651. The van der Waals surface area contributed by atoms with Crippen LogP contribution in [-0.4, -0.2) is 29.5 Å². The summed E-state index contributed by atoms with van der Waals surface area (Å²) in [5, 5.41) is 8.42. The smallest absolute Gasteiger partial charge is 0.213 e. The molecule has 0 radical (unpaired) electrons. The van der Waals surface area contributed by atoms with Gasteiger partial charge in [-0.3, -0.25) is 4.98 Å². The average molecular weight is 369 g/mol. The second-order valence-corrected chi connectivity index (χ2v) is 7.99. The van der Waals surface area contributed by atoms with Crippen molar-refractivity contribution >= 4 is 16.0 Å². The number of hydrogen-bond acceptors (Lipinski definition) is 5. The molecule has 8 heteroatoms. The highest BCUT2D eigenvalue weighted by atomic mass is 32.2. The number of primary sulfonamides is 1. The van der Waals surface area contributed by atoms with Gasteiger partial charge in [0.2, 0.25) is 16.0 Å². The van der Waals surface area contributed by atoms with Crippen LogP contribution in [0.1, 0.15) is 11.3 Å². The molecule has 0 amide bonds. The molecule has 7 nitrogen and oxygen atoms in total. The molecule has 26 heavy (non-hydrogen) atoms. The molecule has 0 atom stereocenters. The Morgan fingerprint density at radius 1 is 1.15 bits per heavy atom. The molecule has 0 bridgehead atoms. The van der Waals surface area contributed by atoms with Crippen molar-refractivity contribution in [3.63, 3.8) is 0 Å². The van der Waals surface area contributed by atoms with Crippen LogP contribution in [0.2, 0.25) is 0 Å². The number of benzene rings is 1. The topological polar surface area (TPSA) is 103 Å². The first-order valence-electron chi connectivity index (χ1n) is 8.29. The van der Waals surface area contributed by atoms with E-state index in [1.165, 1.54) is 0 Å². The maximum absolute atomic E-state index is 11.3. The van der Waals surface area contributed by atoms with E-state index < -0.39 is 10.0 Å². The van der Waals surface area contributed by atoms with Crippen LogP contribution >= 0.6 is 0 Å². The molecule has 0 fully saturated rings. The molecule has 2 aromatic heterocycles. The molecule has 0 saturated heterocycles. The molecule has 1 aromatic carbocycles. The molecule has 3 heterocycles. The first-order valence-corrected chi connectivity index (χ1v) is 10.0. The van der Waals surface area contributed by atoms with Gasteiger partial charge in [-0.15, -0.1) is 0 Å². The summed E-state index contributed by atoms with van der Waals surface area (Å²) in [6, 6.07) is 13.3. The number of aromatic nitrogens is 3. The second-order valence-electron chi connectivity index (χ2n) is 6.38. The minimum absolute atomic E-state index is 0.175. The highest BCUT2D eigenvalue weighted by Crippen LogP contribution is 2.35. The number of nitrogens with zero attached hydrogens (tertiary/aromatic N) is 3. The van der Waals surface area contributed by atoms with Crippen molar-refractivity contribution in [3.8, 4) is 22.6 Å². The van der Waals surface area contributed by atoms with E-state index in [0.717, 1.165) is 47.4 Å². The Balaban J connectivity index is 1.81. The summed E-state index contributed by atoms with van der Waals surface area (Å²) in [4.78, 5) is 9.34. The molecule has 3 aromatic rings. The second kappa shape index (κ2) is 6.22. The third kappa shape index (κ3) is 3.21. The molecule has 0 spiro atoms. The fraction of sp³-hybridized carbons (Fsp3) is 0.222. The van der Waals surface area contributed by atoms with Crippen molar-refractivity contribution in [2.45, 2.75) is 19.2 Å². The van der Waals surface area contributed by atoms with Gasteiger partial charge in [0.25, 0.3) is 0 Å². The number of pyridine rings is 1. The fourth-order valence-corrected chi connectivity index (χ4v) is 3.88. The third-order valence-corrected chi connectivity index (χ3v) is 5.05. The number of nitrogens with two attached hydrogens (primary N) is 1. The van der Waals surface area contributed by atoms with Crippen LogP contribution in [0.25, 0.3) is 22.6 Å². The van der Waals surface area contributed by atoms with E-state index in [1.54, 1.807) is 12.1 Å². The summed E-state index contributed by atoms with van der Waals surface area (Å²) in [5.41, 5.74) is 5.16. The molecule has 134 valence electrons. The first kappa shape index (κ1) is 16.7. The number of nitrogens with one attached hydrogen (secondary N) is 1. The molecular formula is C18H19N5O2S. The Bertz CT molecular complexity index is 1070. The summed E-state index contributed by atoms with van der Waals surface area (Å²) in [6.45, 7) is 3.61. The van der Waals surface area contributed by atoms with E-state index in [9.17, 15) is 8.42 Å².